The van der Waals surface area contributed by atoms with Crippen LogP contribution in [0.4, 0.5) is 0 Å². The molecule has 2 heterocycles. The number of hydrogen-bond donors (Lipinski definition) is 0. The highest BCUT2D eigenvalue weighted by molar-refractivity contribution is 6.11. The zero-order valence-electron chi connectivity index (χ0n) is 19.3. The second kappa shape index (κ2) is 9.15. The fourth-order valence-electron chi connectivity index (χ4n) is 4.44. The highest BCUT2D eigenvalue weighted by Crippen LogP contribution is 2.50. The van der Waals surface area contributed by atoms with Gasteiger partial charge in [-0.25, -0.2) is 4.79 Å². The van der Waals surface area contributed by atoms with Crippen LogP contribution in [0.25, 0.3) is 6.08 Å². The quantitative estimate of drug-likeness (QED) is 0.275. The maximum absolute atomic E-state index is 13.4. The number of benzene rings is 2. The van der Waals surface area contributed by atoms with Gasteiger partial charge in [0.1, 0.15) is 12.3 Å². The molecule has 2 aromatic carbocycles. The Bertz CT molecular complexity index is 1110. The van der Waals surface area contributed by atoms with Gasteiger partial charge in [-0.3, -0.25) is 4.79 Å². The highest BCUT2D eigenvalue weighted by Gasteiger charge is 2.40. The summed E-state index contributed by atoms with van der Waals surface area (Å²) in [7, 11) is 6.56. The molecule has 0 N–H and O–H groups in total. The third-order valence-electron chi connectivity index (χ3n) is 6.16. The minimum absolute atomic E-state index is 0.0192. The van der Waals surface area contributed by atoms with Gasteiger partial charge in [0.2, 0.25) is 12.5 Å². The molecule has 8 heteroatoms. The molecule has 33 heavy (non-hydrogen) atoms. The van der Waals surface area contributed by atoms with Crippen LogP contribution in [0.15, 0.2) is 30.3 Å². The third kappa shape index (κ3) is 4.39. The number of carbonyl (C=O) groups excluding carboxylic acids is 2. The van der Waals surface area contributed by atoms with Gasteiger partial charge in [-0.2, -0.15) is 0 Å². The molecule has 0 unspecified atom stereocenters. The van der Waals surface area contributed by atoms with Crippen molar-refractivity contribution in [1.29, 1.82) is 0 Å². The molecule has 2 aromatic rings. The van der Waals surface area contributed by atoms with Crippen molar-refractivity contribution in [2.45, 2.75) is 13.0 Å². The number of ether oxygens (including phenoxy) is 5. The number of esters is 1. The molecule has 4 rings (SSSR count). The predicted octanol–water partition coefficient (Wildman–Crippen LogP) is 3.00. The number of likely N-dealkylation sites (N-methyl/N-ethyl adjacent to an activating group) is 1. The molecule has 0 aromatic heterocycles. The smallest absolute Gasteiger partial charge is 0.361 e. The van der Waals surface area contributed by atoms with Gasteiger partial charge in [0.15, 0.2) is 23.8 Å². The van der Waals surface area contributed by atoms with Gasteiger partial charge in [0.05, 0.1) is 46.0 Å². The Morgan fingerprint density at radius 2 is 1.76 bits per heavy atom. The minimum Gasteiger partial charge on any atom is -0.497 e. The molecule has 174 valence electrons. The number of allylic oxidation sites excluding steroid dienone is 1. The summed E-state index contributed by atoms with van der Waals surface area (Å²) in [6, 6.07) is 7.44. The van der Waals surface area contributed by atoms with Crippen molar-refractivity contribution in [2.24, 2.45) is 0 Å². The van der Waals surface area contributed by atoms with E-state index in [9.17, 15) is 9.59 Å². The summed E-state index contributed by atoms with van der Waals surface area (Å²) in [5.74, 6) is 1.71. The molecule has 0 radical (unpaired) electrons. The summed E-state index contributed by atoms with van der Waals surface area (Å²) in [4.78, 5) is 25.4. The van der Waals surface area contributed by atoms with Crippen molar-refractivity contribution in [3.05, 3.63) is 52.6 Å². The Kier molecular flexibility index (Phi) is 6.29. The summed E-state index contributed by atoms with van der Waals surface area (Å²) in [6.07, 6.45) is 3.90. The first-order chi connectivity index (χ1) is 15.9. The zero-order chi connectivity index (χ0) is 23.6. The molecular formula is C25H28NO7+. The SMILES string of the molecule is COC(=O)C[N@+]1(C)CCc2c(c(OC)c3c(c2C(=O)/C=C/c2ccc(OC)cc2)OCO3)C1. The van der Waals surface area contributed by atoms with Crippen LogP contribution in [0, 0.1) is 0 Å². The number of methoxy groups -OCH3 is 3. The second-order valence-corrected chi connectivity index (χ2v) is 8.39. The van der Waals surface area contributed by atoms with Crippen LogP contribution in [0.5, 0.6) is 23.0 Å². The molecule has 0 aliphatic carbocycles. The van der Waals surface area contributed by atoms with Crippen molar-refractivity contribution in [3.8, 4) is 23.0 Å². The standard InChI is InChI=1S/C25H28NO7/c1-26(14-21(28)30-3)12-11-18-19(13-26)23(31-4)25-24(32-15-33-25)22(18)20(27)10-7-16-5-8-17(29-2)9-6-16/h5-10H,11-15H2,1-4H3/q+1/b10-7+/t26-/m1/s1. The van der Waals surface area contributed by atoms with E-state index < -0.39 is 0 Å². The predicted molar refractivity (Wildman–Crippen MR) is 121 cm³/mol. The summed E-state index contributed by atoms with van der Waals surface area (Å²) < 4.78 is 27.6. The van der Waals surface area contributed by atoms with Crippen LogP contribution in [-0.4, -0.2) is 64.5 Å². The Labute approximate surface area is 192 Å². The maximum Gasteiger partial charge on any atom is 0.361 e. The molecule has 0 fully saturated rings. The normalized spacial score (nSPS) is 18.7. The van der Waals surface area contributed by atoms with E-state index >= 15 is 0 Å². The van der Waals surface area contributed by atoms with Gasteiger partial charge < -0.3 is 28.2 Å². The average molecular weight is 454 g/mol. The molecule has 0 bridgehead atoms. The first kappa shape index (κ1) is 22.7. The van der Waals surface area contributed by atoms with Crippen LogP contribution >= 0.6 is 0 Å². The summed E-state index contributed by atoms with van der Waals surface area (Å²) in [5, 5.41) is 0. The fraction of sp³-hybridized carbons (Fsp3) is 0.360. The van der Waals surface area contributed by atoms with E-state index in [1.807, 2.05) is 31.3 Å². The van der Waals surface area contributed by atoms with E-state index in [-0.39, 0.29) is 25.1 Å². The van der Waals surface area contributed by atoms with E-state index in [0.29, 0.717) is 46.8 Å². The first-order valence-electron chi connectivity index (χ1n) is 10.7. The van der Waals surface area contributed by atoms with Gasteiger partial charge in [-0.1, -0.05) is 18.2 Å². The fourth-order valence-corrected chi connectivity index (χ4v) is 4.44. The zero-order valence-corrected chi connectivity index (χ0v) is 19.3. The maximum atomic E-state index is 13.4. The molecule has 0 saturated heterocycles. The van der Waals surface area contributed by atoms with Gasteiger partial charge in [0.25, 0.3) is 0 Å². The molecule has 2 aliphatic heterocycles. The van der Waals surface area contributed by atoms with Crippen LogP contribution in [0.3, 0.4) is 0 Å². The van der Waals surface area contributed by atoms with Crippen LogP contribution in [0.2, 0.25) is 0 Å². The summed E-state index contributed by atoms with van der Waals surface area (Å²) in [5.41, 5.74) is 3.11. The molecule has 0 amide bonds. The van der Waals surface area contributed by atoms with Crippen molar-refractivity contribution in [1.82, 2.24) is 0 Å². The van der Waals surface area contributed by atoms with E-state index in [0.717, 1.165) is 22.4 Å². The van der Waals surface area contributed by atoms with Gasteiger partial charge >= 0.3 is 5.97 Å². The molecular weight excluding hydrogens is 426 g/mol. The van der Waals surface area contributed by atoms with E-state index in [1.54, 1.807) is 26.4 Å². The van der Waals surface area contributed by atoms with Crippen molar-refractivity contribution in [3.63, 3.8) is 0 Å². The third-order valence-corrected chi connectivity index (χ3v) is 6.16. The number of hydrogen-bond acceptors (Lipinski definition) is 7. The van der Waals surface area contributed by atoms with E-state index in [4.69, 9.17) is 23.7 Å². The van der Waals surface area contributed by atoms with Gasteiger partial charge in [-0.05, 0) is 29.3 Å². The number of carbonyl (C=O) groups is 2. The number of nitrogens with zero attached hydrogens (tertiary/aromatic N) is 1. The monoisotopic (exact) mass is 454 g/mol. The lowest BCUT2D eigenvalue weighted by molar-refractivity contribution is -0.917. The Hall–Kier alpha value is -3.52. The number of fused-ring (bicyclic) bond motifs is 2. The summed E-state index contributed by atoms with van der Waals surface area (Å²) >= 11 is 0. The number of rotatable bonds is 7. The van der Waals surface area contributed by atoms with Crippen molar-refractivity contribution >= 4 is 17.8 Å². The Morgan fingerprint density at radius 3 is 2.42 bits per heavy atom. The lowest BCUT2D eigenvalue weighted by Gasteiger charge is -2.38. The van der Waals surface area contributed by atoms with Crippen molar-refractivity contribution in [2.75, 3.05) is 48.3 Å². The van der Waals surface area contributed by atoms with E-state index in [2.05, 4.69) is 0 Å². The summed E-state index contributed by atoms with van der Waals surface area (Å²) in [6.45, 7) is 1.43. The molecule has 0 spiro atoms. The number of ketones is 1. The van der Waals surface area contributed by atoms with Crippen LogP contribution in [-0.2, 0) is 22.5 Å². The number of quaternary nitrogens is 1. The second-order valence-electron chi connectivity index (χ2n) is 8.39. The molecule has 1 atom stereocenters. The minimum atomic E-state index is -0.278. The van der Waals surface area contributed by atoms with Gasteiger partial charge in [0, 0.05) is 6.42 Å². The Morgan fingerprint density at radius 1 is 1.03 bits per heavy atom. The van der Waals surface area contributed by atoms with Crippen molar-refractivity contribution < 1.29 is 37.8 Å². The molecule has 8 nitrogen and oxygen atoms in total. The Balaban J connectivity index is 1.73. The molecule has 0 saturated carbocycles. The van der Waals surface area contributed by atoms with Crippen LogP contribution < -0.4 is 18.9 Å². The topological polar surface area (TPSA) is 80.3 Å². The highest BCUT2D eigenvalue weighted by atomic mass is 16.7. The van der Waals surface area contributed by atoms with Crippen LogP contribution in [0.1, 0.15) is 27.0 Å². The molecule has 2 aliphatic rings. The largest absolute Gasteiger partial charge is 0.497 e. The van der Waals surface area contributed by atoms with E-state index in [1.165, 1.54) is 7.11 Å². The lowest BCUT2D eigenvalue weighted by atomic mass is 9.89. The first-order valence-corrected chi connectivity index (χ1v) is 10.7. The average Bonchev–Trinajstić information content (AvgIpc) is 3.30. The van der Waals surface area contributed by atoms with Gasteiger partial charge in [-0.15, -0.1) is 0 Å². The lowest BCUT2D eigenvalue weighted by Crippen LogP contribution is -2.51.